The van der Waals surface area contributed by atoms with Gasteiger partial charge in [0.1, 0.15) is 11.6 Å². The number of ether oxygens (including phenoxy) is 2. The molecule has 5 nitrogen and oxygen atoms in total. The molecule has 4 rings (SSSR count). The Kier molecular flexibility index (Phi) is 5.48. The monoisotopic (exact) mass is 422 g/mol. The third-order valence-electron chi connectivity index (χ3n) is 4.79. The Bertz CT molecular complexity index is 981. The van der Waals surface area contributed by atoms with Gasteiger partial charge in [0.25, 0.3) is 0 Å². The highest BCUT2D eigenvalue weighted by Gasteiger charge is 2.39. The van der Waals surface area contributed by atoms with E-state index in [1.807, 2.05) is 0 Å². The molecule has 1 aliphatic heterocycles. The Balaban J connectivity index is 1.37. The molecule has 0 aliphatic carbocycles. The molecule has 0 saturated carbocycles. The minimum Gasteiger partial charge on any atom is -0.406 e. The van der Waals surface area contributed by atoms with Crippen LogP contribution in [0.2, 0.25) is 0 Å². The molecule has 3 aromatic rings. The highest BCUT2D eigenvalue weighted by molar-refractivity contribution is 5.57. The molecule has 1 saturated heterocycles. The lowest BCUT2D eigenvalue weighted by molar-refractivity contribution is -0.274. The van der Waals surface area contributed by atoms with Gasteiger partial charge in [-0.05, 0) is 42.0 Å². The van der Waals surface area contributed by atoms with Crippen molar-refractivity contribution < 1.29 is 31.6 Å². The summed E-state index contributed by atoms with van der Waals surface area (Å²) < 4.78 is 64.5. The fourth-order valence-electron chi connectivity index (χ4n) is 3.21. The molecule has 0 bridgehead atoms. The molecule has 2 aromatic carbocycles. The van der Waals surface area contributed by atoms with Crippen LogP contribution in [0.1, 0.15) is 11.3 Å². The van der Waals surface area contributed by atoms with Crippen LogP contribution in [0.15, 0.2) is 59.1 Å². The van der Waals surface area contributed by atoms with E-state index in [1.54, 1.807) is 30.3 Å². The second-order valence-corrected chi connectivity index (χ2v) is 7.18. The topological polar surface area (TPSA) is 56.5 Å². The highest BCUT2D eigenvalue weighted by atomic mass is 19.4. The summed E-state index contributed by atoms with van der Waals surface area (Å²) in [6.45, 7) is 1.39. The molecule has 0 unspecified atom stereocenters. The van der Waals surface area contributed by atoms with E-state index in [4.69, 9.17) is 9.26 Å². The number of nitrogens with one attached hydrogen (secondary N) is 1. The summed E-state index contributed by atoms with van der Waals surface area (Å²) in [5.74, 6) is -0.0456. The molecule has 1 aromatic heterocycles. The molecule has 1 aliphatic rings. The molecule has 158 valence electrons. The van der Waals surface area contributed by atoms with Gasteiger partial charge in [-0.1, -0.05) is 17.3 Å². The van der Waals surface area contributed by atoms with E-state index in [9.17, 15) is 17.6 Å². The standard InChI is InChI=1S/C21H18F4N2O3/c22-16-5-3-15(4-6-16)19-9-17(27-30-19)10-20(12-28-13-20)26-11-14-1-7-18(8-2-14)29-21(23,24)25/h1-9,26H,10-13H2. The van der Waals surface area contributed by atoms with Crippen molar-refractivity contribution in [3.05, 3.63) is 71.7 Å². The maximum Gasteiger partial charge on any atom is 0.573 e. The lowest BCUT2D eigenvalue weighted by Gasteiger charge is -2.42. The fourth-order valence-corrected chi connectivity index (χ4v) is 3.21. The zero-order valence-corrected chi connectivity index (χ0v) is 15.7. The first kappa shape index (κ1) is 20.4. The number of hydrogen-bond donors (Lipinski definition) is 1. The number of rotatable bonds is 7. The van der Waals surface area contributed by atoms with Gasteiger partial charge >= 0.3 is 6.36 Å². The lowest BCUT2D eigenvalue weighted by Crippen LogP contribution is -2.61. The Morgan fingerprint density at radius 2 is 1.73 bits per heavy atom. The maximum atomic E-state index is 13.1. The van der Waals surface area contributed by atoms with Gasteiger partial charge in [0.05, 0.1) is 24.4 Å². The van der Waals surface area contributed by atoms with E-state index in [1.165, 1.54) is 24.3 Å². The third kappa shape index (κ3) is 4.98. The van der Waals surface area contributed by atoms with Gasteiger partial charge in [-0.25, -0.2) is 4.39 Å². The number of alkyl halides is 3. The van der Waals surface area contributed by atoms with Crippen LogP contribution in [0.25, 0.3) is 11.3 Å². The number of benzene rings is 2. The first-order valence-corrected chi connectivity index (χ1v) is 9.19. The molecule has 1 N–H and O–H groups in total. The van der Waals surface area contributed by atoms with Crippen LogP contribution >= 0.6 is 0 Å². The van der Waals surface area contributed by atoms with E-state index in [-0.39, 0.29) is 17.1 Å². The summed E-state index contributed by atoms with van der Waals surface area (Å²) in [5, 5.41) is 7.50. The Morgan fingerprint density at radius 1 is 1.03 bits per heavy atom. The molecule has 2 heterocycles. The largest absolute Gasteiger partial charge is 0.573 e. The van der Waals surface area contributed by atoms with Crippen LogP contribution in [-0.4, -0.2) is 30.3 Å². The van der Waals surface area contributed by atoms with Crippen molar-refractivity contribution in [1.29, 1.82) is 0 Å². The van der Waals surface area contributed by atoms with Gasteiger partial charge in [-0.3, -0.25) is 0 Å². The van der Waals surface area contributed by atoms with Crippen LogP contribution in [0.5, 0.6) is 5.75 Å². The first-order valence-electron chi connectivity index (χ1n) is 9.19. The van der Waals surface area contributed by atoms with Gasteiger partial charge in [0.2, 0.25) is 0 Å². The summed E-state index contributed by atoms with van der Waals surface area (Å²) in [4.78, 5) is 0. The zero-order valence-electron chi connectivity index (χ0n) is 15.7. The molecule has 0 amide bonds. The number of halogens is 4. The van der Waals surface area contributed by atoms with Crippen LogP contribution in [0.3, 0.4) is 0 Å². The normalized spacial score (nSPS) is 15.6. The summed E-state index contributed by atoms with van der Waals surface area (Å²) in [6.07, 6.45) is -4.16. The van der Waals surface area contributed by atoms with E-state index >= 15 is 0 Å². The van der Waals surface area contributed by atoms with Crippen molar-refractivity contribution in [2.75, 3.05) is 13.2 Å². The Hall–Kier alpha value is -2.91. The quantitative estimate of drug-likeness (QED) is 0.569. The van der Waals surface area contributed by atoms with Gasteiger partial charge in [0.15, 0.2) is 5.76 Å². The van der Waals surface area contributed by atoms with Gasteiger partial charge in [-0.2, -0.15) is 0 Å². The van der Waals surface area contributed by atoms with Crippen LogP contribution in [0.4, 0.5) is 17.6 Å². The minimum absolute atomic E-state index is 0.260. The summed E-state index contributed by atoms with van der Waals surface area (Å²) in [5.41, 5.74) is 1.91. The summed E-state index contributed by atoms with van der Waals surface area (Å²) >= 11 is 0. The van der Waals surface area contributed by atoms with Crippen molar-refractivity contribution in [3.8, 4) is 17.1 Å². The number of aromatic nitrogens is 1. The summed E-state index contributed by atoms with van der Waals surface area (Å²) in [7, 11) is 0. The fraction of sp³-hybridized carbons (Fsp3) is 0.286. The predicted molar refractivity (Wildman–Crippen MR) is 99.1 cm³/mol. The lowest BCUT2D eigenvalue weighted by atomic mass is 9.90. The van der Waals surface area contributed by atoms with Gasteiger partial charge < -0.3 is 19.3 Å². The zero-order chi connectivity index (χ0) is 21.2. The van der Waals surface area contributed by atoms with Crippen molar-refractivity contribution in [1.82, 2.24) is 10.5 Å². The van der Waals surface area contributed by atoms with Crippen molar-refractivity contribution >= 4 is 0 Å². The predicted octanol–water partition coefficient (Wildman–Crippen LogP) is 4.48. The van der Waals surface area contributed by atoms with Crippen molar-refractivity contribution in [3.63, 3.8) is 0 Å². The van der Waals surface area contributed by atoms with Gasteiger partial charge in [0, 0.05) is 24.6 Å². The molecule has 30 heavy (non-hydrogen) atoms. The third-order valence-corrected chi connectivity index (χ3v) is 4.79. The van der Waals surface area contributed by atoms with Crippen molar-refractivity contribution in [2.45, 2.75) is 24.9 Å². The molecular formula is C21H18F4N2O3. The average molecular weight is 422 g/mol. The van der Waals surface area contributed by atoms with Crippen LogP contribution in [0, 0.1) is 5.82 Å². The number of nitrogens with zero attached hydrogens (tertiary/aromatic N) is 1. The molecule has 0 radical (unpaired) electrons. The second kappa shape index (κ2) is 8.08. The van der Waals surface area contributed by atoms with E-state index in [0.29, 0.717) is 31.9 Å². The molecule has 0 spiro atoms. The molecule has 0 atom stereocenters. The minimum atomic E-state index is -4.71. The highest BCUT2D eigenvalue weighted by Crippen LogP contribution is 2.27. The van der Waals surface area contributed by atoms with E-state index in [0.717, 1.165) is 16.8 Å². The maximum absolute atomic E-state index is 13.1. The molecule has 9 heteroatoms. The average Bonchev–Trinajstić information content (AvgIpc) is 3.13. The van der Waals surface area contributed by atoms with Crippen LogP contribution in [-0.2, 0) is 17.7 Å². The SMILES string of the molecule is Fc1ccc(-c2cc(CC3(NCc4ccc(OC(F)(F)F)cc4)COC3)no2)cc1. The molecular weight excluding hydrogens is 404 g/mol. The Morgan fingerprint density at radius 3 is 2.33 bits per heavy atom. The Labute approximate surface area is 169 Å². The van der Waals surface area contributed by atoms with Crippen LogP contribution < -0.4 is 10.1 Å². The van der Waals surface area contributed by atoms with Crippen molar-refractivity contribution in [2.24, 2.45) is 0 Å². The van der Waals surface area contributed by atoms with E-state index < -0.39 is 6.36 Å². The van der Waals surface area contributed by atoms with E-state index in [2.05, 4.69) is 15.2 Å². The summed E-state index contributed by atoms with van der Waals surface area (Å²) in [6, 6.07) is 13.4. The van der Waals surface area contributed by atoms with Gasteiger partial charge in [-0.15, -0.1) is 13.2 Å². The smallest absolute Gasteiger partial charge is 0.406 e. The molecule has 1 fully saturated rings. The second-order valence-electron chi connectivity index (χ2n) is 7.18. The first-order chi connectivity index (χ1) is 14.3. The number of hydrogen-bond acceptors (Lipinski definition) is 5.